The van der Waals surface area contributed by atoms with E-state index in [-0.39, 0.29) is 5.56 Å². The number of para-hydroxylation sites is 1. The summed E-state index contributed by atoms with van der Waals surface area (Å²) in [5.74, 6) is 0.834. The predicted molar refractivity (Wildman–Crippen MR) is 84.9 cm³/mol. The van der Waals surface area contributed by atoms with Crippen molar-refractivity contribution < 1.29 is 4.74 Å². The van der Waals surface area contributed by atoms with Crippen molar-refractivity contribution in [1.29, 1.82) is 0 Å². The average molecular weight is 280 g/mol. The maximum absolute atomic E-state index is 11.7. The van der Waals surface area contributed by atoms with Crippen LogP contribution < -0.4 is 15.6 Å². The van der Waals surface area contributed by atoms with Crippen LogP contribution >= 0.6 is 0 Å². The first-order chi connectivity index (χ1) is 10.3. The lowest BCUT2D eigenvalue weighted by atomic mass is 10.1. The second kappa shape index (κ2) is 5.71. The normalized spacial score (nSPS) is 10.5. The number of ether oxygens (including phenoxy) is 1. The number of hydrogen-bond acceptors (Lipinski definition) is 3. The maximum Gasteiger partial charge on any atom is 0.250 e. The Morgan fingerprint density at radius 2 is 1.86 bits per heavy atom. The van der Waals surface area contributed by atoms with Crippen LogP contribution in [0.2, 0.25) is 0 Å². The number of benzene rings is 2. The van der Waals surface area contributed by atoms with Gasteiger partial charge < -0.3 is 15.0 Å². The number of nitrogens with one attached hydrogen (secondary N) is 2. The third-order valence-electron chi connectivity index (χ3n) is 3.39. The zero-order chi connectivity index (χ0) is 14.7. The van der Waals surface area contributed by atoms with Crippen molar-refractivity contribution in [2.75, 3.05) is 12.4 Å². The molecule has 0 spiro atoms. The van der Waals surface area contributed by atoms with Crippen molar-refractivity contribution >= 4 is 16.6 Å². The number of methoxy groups -OCH3 is 1. The SMILES string of the molecule is COc1ccc(CNc2cc(=O)[nH]c3ccccc23)cc1. The summed E-state index contributed by atoms with van der Waals surface area (Å²) >= 11 is 0. The van der Waals surface area contributed by atoms with Crippen molar-refractivity contribution in [3.63, 3.8) is 0 Å². The van der Waals surface area contributed by atoms with Crippen molar-refractivity contribution in [3.8, 4) is 5.75 Å². The lowest BCUT2D eigenvalue weighted by Gasteiger charge is -2.10. The smallest absolute Gasteiger partial charge is 0.250 e. The number of aromatic amines is 1. The van der Waals surface area contributed by atoms with E-state index in [0.717, 1.165) is 27.9 Å². The molecule has 0 aliphatic carbocycles. The van der Waals surface area contributed by atoms with Crippen molar-refractivity contribution in [2.24, 2.45) is 0 Å². The Morgan fingerprint density at radius 1 is 1.10 bits per heavy atom. The van der Waals surface area contributed by atoms with Gasteiger partial charge in [0.05, 0.1) is 12.6 Å². The predicted octanol–water partition coefficient (Wildman–Crippen LogP) is 3.15. The fraction of sp³-hybridized carbons (Fsp3) is 0.118. The van der Waals surface area contributed by atoms with Crippen molar-refractivity contribution in [2.45, 2.75) is 6.54 Å². The first kappa shape index (κ1) is 13.2. The summed E-state index contributed by atoms with van der Waals surface area (Å²) in [6.45, 7) is 0.650. The largest absolute Gasteiger partial charge is 0.497 e. The zero-order valence-electron chi connectivity index (χ0n) is 11.7. The number of anilines is 1. The zero-order valence-corrected chi connectivity index (χ0v) is 11.7. The molecule has 106 valence electrons. The number of H-pyrrole nitrogens is 1. The number of fused-ring (bicyclic) bond motifs is 1. The van der Waals surface area contributed by atoms with Gasteiger partial charge in [0.1, 0.15) is 5.75 Å². The van der Waals surface area contributed by atoms with Crippen LogP contribution in [0.25, 0.3) is 10.9 Å². The van der Waals surface area contributed by atoms with Gasteiger partial charge in [0.2, 0.25) is 5.56 Å². The fourth-order valence-electron chi connectivity index (χ4n) is 2.29. The third-order valence-corrected chi connectivity index (χ3v) is 3.39. The monoisotopic (exact) mass is 280 g/mol. The number of rotatable bonds is 4. The van der Waals surface area contributed by atoms with Gasteiger partial charge in [0, 0.05) is 23.7 Å². The molecule has 4 nitrogen and oxygen atoms in total. The molecule has 0 saturated heterocycles. The van der Waals surface area contributed by atoms with Crippen LogP contribution in [0, 0.1) is 0 Å². The molecule has 2 N–H and O–H groups in total. The van der Waals surface area contributed by atoms with Crippen LogP contribution in [-0.4, -0.2) is 12.1 Å². The van der Waals surface area contributed by atoms with Crippen LogP contribution in [0.3, 0.4) is 0 Å². The summed E-state index contributed by atoms with van der Waals surface area (Å²) in [4.78, 5) is 14.5. The molecule has 0 unspecified atom stereocenters. The van der Waals surface area contributed by atoms with Gasteiger partial charge in [-0.1, -0.05) is 30.3 Å². The van der Waals surface area contributed by atoms with Gasteiger partial charge >= 0.3 is 0 Å². The average Bonchev–Trinajstić information content (AvgIpc) is 2.53. The minimum atomic E-state index is -0.106. The van der Waals surface area contributed by atoms with Crippen LogP contribution in [0.4, 0.5) is 5.69 Å². The minimum Gasteiger partial charge on any atom is -0.497 e. The van der Waals surface area contributed by atoms with Gasteiger partial charge in [-0.15, -0.1) is 0 Å². The Kier molecular flexibility index (Phi) is 3.60. The molecule has 4 heteroatoms. The van der Waals surface area contributed by atoms with Gasteiger partial charge in [-0.2, -0.15) is 0 Å². The van der Waals surface area contributed by atoms with Gasteiger partial charge in [0.15, 0.2) is 0 Å². The first-order valence-corrected chi connectivity index (χ1v) is 6.75. The van der Waals surface area contributed by atoms with Crippen LogP contribution in [-0.2, 0) is 6.54 Å². The third kappa shape index (κ3) is 2.89. The standard InChI is InChI=1S/C17H16N2O2/c1-21-13-8-6-12(7-9-13)11-18-16-10-17(20)19-15-5-3-2-4-14(15)16/h2-10H,11H2,1H3,(H2,18,19,20). The molecule has 0 atom stereocenters. The first-order valence-electron chi connectivity index (χ1n) is 6.75. The van der Waals surface area contributed by atoms with E-state index in [1.54, 1.807) is 13.2 Å². The second-order valence-corrected chi connectivity index (χ2v) is 4.79. The van der Waals surface area contributed by atoms with E-state index in [0.29, 0.717) is 6.54 Å². The lowest BCUT2D eigenvalue weighted by molar-refractivity contribution is 0.414. The molecule has 0 aliphatic rings. The highest BCUT2D eigenvalue weighted by Crippen LogP contribution is 2.20. The Morgan fingerprint density at radius 3 is 2.62 bits per heavy atom. The molecule has 0 bridgehead atoms. The van der Waals surface area contributed by atoms with Gasteiger partial charge in [0.25, 0.3) is 0 Å². The Balaban J connectivity index is 1.85. The summed E-state index contributed by atoms with van der Waals surface area (Å²) in [6, 6.07) is 17.2. The molecule has 3 rings (SSSR count). The lowest BCUT2D eigenvalue weighted by Crippen LogP contribution is -2.08. The van der Waals surface area contributed by atoms with Crippen LogP contribution in [0.1, 0.15) is 5.56 Å². The molecule has 0 amide bonds. The molecule has 0 fully saturated rings. The highest BCUT2D eigenvalue weighted by molar-refractivity contribution is 5.90. The molecule has 0 aliphatic heterocycles. The van der Waals surface area contributed by atoms with E-state index < -0.39 is 0 Å². The summed E-state index contributed by atoms with van der Waals surface area (Å²) in [6.07, 6.45) is 0. The van der Waals surface area contributed by atoms with Gasteiger partial charge in [-0.3, -0.25) is 4.79 Å². The maximum atomic E-state index is 11.7. The highest BCUT2D eigenvalue weighted by Gasteiger charge is 2.03. The number of hydrogen-bond donors (Lipinski definition) is 2. The summed E-state index contributed by atoms with van der Waals surface area (Å²) in [5.41, 5.74) is 2.69. The van der Waals surface area contributed by atoms with Crippen LogP contribution in [0.15, 0.2) is 59.4 Å². The number of pyridine rings is 1. The summed E-state index contributed by atoms with van der Waals surface area (Å²) in [7, 11) is 1.65. The quantitative estimate of drug-likeness (QED) is 0.772. The molecule has 3 aromatic rings. The van der Waals surface area contributed by atoms with E-state index in [1.165, 1.54) is 0 Å². The topological polar surface area (TPSA) is 54.1 Å². The van der Waals surface area contributed by atoms with Crippen molar-refractivity contribution in [1.82, 2.24) is 4.98 Å². The van der Waals surface area contributed by atoms with Crippen LogP contribution in [0.5, 0.6) is 5.75 Å². The molecular formula is C17H16N2O2. The second-order valence-electron chi connectivity index (χ2n) is 4.79. The summed E-state index contributed by atoms with van der Waals surface area (Å²) < 4.78 is 5.14. The van der Waals surface area contributed by atoms with E-state index in [4.69, 9.17) is 4.74 Å². The Hall–Kier alpha value is -2.75. The molecular weight excluding hydrogens is 264 g/mol. The molecule has 2 aromatic carbocycles. The Bertz CT molecular complexity index is 807. The van der Waals surface area contributed by atoms with Crippen molar-refractivity contribution in [3.05, 3.63) is 70.5 Å². The molecule has 0 radical (unpaired) electrons. The van der Waals surface area contributed by atoms with E-state index in [9.17, 15) is 4.79 Å². The summed E-state index contributed by atoms with van der Waals surface area (Å²) in [5, 5.41) is 4.33. The fourth-order valence-corrected chi connectivity index (χ4v) is 2.29. The Labute approximate surface area is 122 Å². The van der Waals surface area contributed by atoms with E-state index in [1.807, 2.05) is 48.5 Å². The van der Waals surface area contributed by atoms with E-state index in [2.05, 4.69) is 10.3 Å². The molecule has 0 saturated carbocycles. The molecule has 1 heterocycles. The van der Waals surface area contributed by atoms with E-state index >= 15 is 0 Å². The van der Waals surface area contributed by atoms with Gasteiger partial charge in [-0.25, -0.2) is 0 Å². The molecule has 1 aromatic heterocycles. The highest BCUT2D eigenvalue weighted by atomic mass is 16.5. The minimum absolute atomic E-state index is 0.106. The van der Waals surface area contributed by atoms with Gasteiger partial charge in [-0.05, 0) is 23.8 Å². The molecule has 21 heavy (non-hydrogen) atoms. The number of aromatic nitrogens is 1.